The Balaban J connectivity index is 1.75. The Morgan fingerprint density at radius 1 is 0.920 bits per heavy atom. The summed E-state index contributed by atoms with van der Waals surface area (Å²) in [5, 5.41) is 4.79. The zero-order valence-corrected chi connectivity index (χ0v) is 14.8. The van der Waals surface area contributed by atoms with Crippen molar-refractivity contribution in [2.75, 3.05) is 18.0 Å². The van der Waals surface area contributed by atoms with E-state index in [1.54, 1.807) is 0 Å². The van der Waals surface area contributed by atoms with Crippen LogP contribution in [0, 0.1) is 0 Å². The average Bonchev–Trinajstić information content (AvgIpc) is 3.09. The van der Waals surface area contributed by atoms with Gasteiger partial charge in [0.1, 0.15) is 0 Å². The summed E-state index contributed by atoms with van der Waals surface area (Å²) in [4.78, 5) is 9.47. The van der Waals surface area contributed by atoms with E-state index >= 15 is 0 Å². The highest BCUT2D eigenvalue weighted by Crippen LogP contribution is 2.36. The van der Waals surface area contributed by atoms with E-state index in [9.17, 15) is 0 Å². The van der Waals surface area contributed by atoms with E-state index in [1.807, 2.05) is 10.7 Å². The molecule has 1 aliphatic rings. The van der Waals surface area contributed by atoms with Crippen LogP contribution >= 0.6 is 0 Å². The molecule has 3 aromatic rings. The van der Waals surface area contributed by atoms with Crippen LogP contribution in [-0.2, 0) is 13.1 Å². The van der Waals surface area contributed by atoms with Gasteiger partial charge in [0.05, 0.1) is 24.5 Å². The number of hydrogen-bond donors (Lipinski definition) is 0. The van der Waals surface area contributed by atoms with E-state index in [0.717, 1.165) is 43.5 Å². The van der Waals surface area contributed by atoms with Crippen molar-refractivity contribution in [2.24, 2.45) is 0 Å². The van der Waals surface area contributed by atoms with Crippen molar-refractivity contribution in [3.05, 3.63) is 66.2 Å². The van der Waals surface area contributed by atoms with E-state index in [4.69, 9.17) is 10.1 Å². The summed E-state index contributed by atoms with van der Waals surface area (Å²) in [7, 11) is 0. The van der Waals surface area contributed by atoms with Crippen molar-refractivity contribution in [3.63, 3.8) is 0 Å². The molecule has 0 atom stereocenters. The number of aromatic nitrogens is 3. The number of hydrogen-bond acceptors (Lipinski definition) is 4. The first-order chi connectivity index (χ1) is 12.3. The molecule has 0 spiro atoms. The predicted molar refractivity (Wildman–Crippen MR) is 100 cm³/mol. The fourth-order valence-electron chi connectivity index (χ4n) is 3.34. The second-order valence-electron chi connectivity index (χ2n) is 6.23. The minimum Gasteiger partial charge on any atom is -0.332 e. The zero-order valence-electron chi connectivity index (χ0n) is 14.8. The van der Waals surface area contributed by atoms with Gasteiger partial charge >= 0.3 is 0 Å². The monoisotopic (exact) mass is 333 g/mol. The van der Waals surface area contributed by atoms with Gasteiger partial charge in [-0.25, -0.2) is 9.67 Å². The molecule has 4 rings (SSSR count). The van der Waals surface area contributed by atoms with Crippen LogP contribution in [0.1, 0.15) is 25.5 Å². The van der Waals surface area contributed by atoms with Crippen molar-refractivity contribution < 1.29 is 0 Å². The van der Waals surface area contributed by atoms with Crippen LogP contribution in [-0.4, -0.2) is 32.8 Å². The van der Waals surface area contributed by atoms with E-state index in [-0.39, 0.29) is 0 Å². The van der Waals surface area contributed by atoms with Crippen molar-refractivity contribution in [1.29, 1.82) is 0 Å². The lowest BCUT2D eigenvalue weighted by Crippen LogP contribution is -2.25. The maximum atomic E-state index is 4.83. The molecule has 1 aromatic heterocycles. The lowest BCUT2D eigenvalue weighted by molar-refractivity contribution is 0.288. The van der Waals surface area contributed by atoms with Crippen LogP contribution in [0.3, 0.4) is 0 Å². The Labute approximate surface area is 148 Å². The van der Waals surface area contributed by atoms with Gasteiger partial charge in [0.15, 0.2) is 11.6 Å². The summed E-state index contributed by atoms with van der Waals surface area (Å²) in [5.74, 6) is 1.88. The van der Waals surface area contributed by atoms with Gasteiger partial charge in [0.2, 0.25) is 0 Å². The minimum absolute atomic E-state index is 0.728. The highest BCUT2D eigenvalue weighted by Gasteiger charge is 2.25. The topological polar surface area (TPSA) is 37.2 Å². The number of rotatable bonds is 5. The second kappa shape index (κ2) is 6.69. The largest absolute Gasteiger partial charge is 0.332 e. The predicted octanol–water partition coefficient (Wildman–Crippen LogP) is 3.76. The molecule has 2 aromatic carbocycles. The van der Waals surface area contributed by atoms with Crippen molar-refractivity contribution in [1.82, 2.24) is 19.7 Å². The van der Waals surface area contributed by atoms with Crippen LogP contribution in [0.15, 0.2) is 54.6 Å². The van der Waals surface area contributed by atoms with Crippen molar-refractivity contribution in [3.8, 4) is 5.69 Å². The molecule has 1 aliphatic heterocycles. The summed E-state index contributed by atoms with van der Waals surface area (Å²) in [5.41, 5.74) is 3.43. The smallest absolute Gasteiger partial charge is 0.165 e. The Morgan fingerprint density at radius 2 is 1.60 bits per heavy atom. The van der Waals surface area contributed by atoms with Crippen molar-refractivity contribution in [2.45, 2.75) is 26.9 Å². The second-order valence-corrected chi connectivity index (χ2v) is 6.23. The highest BCUT2D eigenvalue weighted by molar-refractivity contribution is 5.73. The molecule has 5 nitrogen and oxygen atoms in total. The number of fused-ring (bicyclic) bond motifs is 3. The van der Waals surface area contributed by atoms with Crippen LogP contribution < -0.4 is 4.90 Å². The van der Waals surface area contributed by atoms with E-state index < -0.39 is 0 Å². The molecule has 128 valence electrons. The van der Waals surface area contributed by atoms with Gasteiger partial charge in [-0.2, -0.15) is 0 Å². The molecule has 0 fully saturated rings. The van der Waals surface area contributed by atoms with Crippen LogP contribution in [0.5, 0.6) is 0 Å². The number of benzene rings is 2. The van der Waals surface area contributed by atoms with E-state index in [1.165, 1.54) is 11.4 Å². The van der Waals surface area contributed by atoms with Crippen molar-refractivity contribution >= 4 is 11.4 Å². The van der Waals surface area contributed by atoms with E-state index in [2.05, 4.69) is 72.2 Å². The molecule has 25 heavy (non-hydrogen) atoms. The van der Waals surface area contributed by atoms with Crippen LogP contribution in [0.2, 0.25) is 0 Å². The normalized spacial score (nSPS) is 13.0. The number of nitrogens with zero attached hydrogens (tertiary/aromatic N) is 5. The van der Waals surface area contributed by atoms with Gasteiger partial charge in [0, 0.05) is 5.69 Å². The lowest BCUT2D eigenvalue weighted by atomic mass is 10.1. The molecule has 5 heteroatoms. The van der Waals surface area contributed by atoms with Gasteiger partial charge in [-0.3, -0.25) is 4.90 Å². The quantitative estimate of drug-likeness (QED) is 0.712. The van der Waals surface area contributed by atoms with Gasteiger partial charge in [-0.15, -0.1) is 5.10 Å². The average molecular weight is 333 g/mol. The Kier molecular flexibility index (Phi) is 4.24. The molecule has 0 saturated carbocycles. The summed E-state index contributed by atoms with van der Waals surface area (Å²) < 4.78 is 2.01. The maximum Gasteiger partial charge on any atom is 0.165 e. The molecule has 0 aliphatic carbocycles. The van der Waals surface area contributed by atoms with E-state index in [0.29, 0.717) is 0 Å². The third kappa shape index (κ3) is 2.91. The number of anilines is 2. The highest BCUT2D eigenvalue weighted by atomic mass is 15.4. The minimum atomic E-state index is 0.728. The fourth-order valence-corrected chi connectivity index (χ4v) is 3.34. The third-order valence-electron chi connectivity index (χ3n) is 4.75. The zero-order chi connectivity index (χ0) is 17.2. The lowest BCUT2D eigenvalue weighted by Gasteiger charge is -2.30. The Morgan fingerprint density at radius 3 is 2.32 bits per heavy atom. The molecule has 0 bridgehead atoms. The summed E-state index contributed by atoms with van der Waals surface area (Å²) in [6.07, 6.45) is 0. The van der Waals surface area contributed by atoms with Gasteiger partial charge in [-0.1, -0.05) is 44.2 Å². The standard InChI is InChI=1S/C20H23N5/c1-3-23(4-2)14-19-21-20-15-24(16-10-6-5-7-11-16)17-12-8-9-13-18(17)25(20)22-19/h5-13H,3-4,14-15H2,1-2H3. The molecule has 2 heterocycles. The summed E-state index contributed by atoms with van der Waals surface area (Å²) >= 11 is 0. The third-order valence-corrected chi connectivity index (χ3v) is 4.75. The van der Waals surface area contributed by atoms with Crippen LogP contribution in [0.4, 0.5) is 11.4 Å². The summed E-state index contributed by atoms with van der Waals surface area (Å²) in [6, 6.07) is 18.9. The SMILES string of the molecule is CCN(CC)Cc1nc2n(n1)-c1ccccc1N(c1ccccc1)C2. The first kappa shape index (κ1) is 15.8. The fraction of sp³-hybridized carbons (Fsp3) is 0.300. The van der Waals surface area contributed by atoms with Gasteiger partial charge in [0.25, 0.3) is 0 Å². The molecule has 0 saturated heterocycles. The summed E-state index contributed by atoms with van der Waals surface area (Å²) in [6.45, 7) is 7.88. The molecular weight excluding hydrogens is 310 g/mol. The molecule has 0 radical (unpaired) electrons. The Hall–Kier alpha value is -2.66. The molecule has 0 amide bonds. The number of para-hydroxylation sites is 3. The van der Waals surface area contributed by atoms with Gasteiger partial charge < -0.3 is 4.90 Å². The molecular formula is C20H23N5. The first-order valence-corrected chi connectivity index (χ1v) is 8.89. The van der Waals surface area contributed by atoms with Crippen LogP contribution in [0.25, 0.3) is 5.69 Å². The first-order valence-electron chi connectivity index (χ1n) is 8.89. The molecule has 0 N–H and O–H groups in total. The molecule has 0 unspecified atom stereocenters. The maximum absolute atomic E-state index is 4.83. The Bertz CT molecular complexity index is 852. The van der Waals surface area contributed by atoms with Gasteiger partial charge in [-0.05, 0) is 37.4 Å².